The first-order valence-electron chi connectivity index (χ1n) is 6.58. The molecule has 0 fully saturated rings. The van der Waals surface area contributed by atoms with E-state index in [1.54, 1.807) is 12.1 Å². The number of benzene rings is 2. The van der Waals surface area contributed by atoms with Gasteiger partial charge in [0.2, 0.25) is 0 Å². The van der Waals surface area contributed by atoms with E-state index in [1.165, 1.54) is 12.1 Å². The molecular weight excluding hydrogens is 275 g/mol. The Bertz CT molecular complexity index is 557. The van der Waals surface area contributed by atoms with Gasteiger partial charge in [0, 0.05) is 17.1 Å². The number of halogens is 2. The maximum absolute atomic E-state index is 12.9. The van der Waals surface area contributed by atoms with Crippen LogP contribution in [-0.4, -0.2) is 0 Å². The monoisotopic (exact) mass is 292 g/mol. The van der Waals surface area contributed by atoms with Gasteiger partial charge in [-0.1, -0.05) is 35.9 Å². The van der Waals surface area contributed by atoms with Gasteiger partial charge in [0.15, 0.2) is 0 Å². The summed E-state index contributed by atoms with van der Waals surface area (Å²) in [7, 11) is 0. The molecule has 0 saturated carbocycles. The van der Waals surface area contributed by atoms with Gasteiger partial charge in [-0.2, -0.15) is 0 Å². The van der Waals surface area contributed by atoms with Gasteiger partial charge in [0.1, 0.15) is 5.82 Å². The van der Waals surface area contributed by atoms with Crippen LogP contribution in [0.15, 0.2) is 48.5 Å². The topological polar surface area (TPSA) is 24.1 Å². The molecule has 0 bridgehead atoms. The Balaban J connectivity index is 1.93. The van der Waals surface area contributed by atoms with E-state index in [2.05, 4.69) is 17.8 Å². The predicted octanol–water partition coefficient (Wildman–Crippen LogP) is 4.40. The van der Waals surface area contributed by atoms with Crippen LogP contribution in [0, 0.1) is 5.82 Å². The van der Waals surface area contributed by atoms with E-state index >= 15 is 0 Å². The van der Waals surface area contributed by atoms with Crippen molar-refractivity contribution in [1.29, 1.82) is 0 Å². The Hall–Kier alpha value is -1.42. The first-order chi connectivity index (χ1) is 9.56. The van der Waals surface area contributed by atoms with Crippen LogP contribution in [0.25, 0.3) is 0 Å². The molecule has 2 aromatic carbocycles. The van der Waals surface area contributed by atoms with Gasteiger partial charge in [0.25, 0.3) is 0 Å². The minimum Gasteiger partial charge on any atom is -0.250 e. The highest BCUT2D eigenvalue weighted by atomic mass is 35.5. The molecule has 2 nitrogen and oxygen atoms in total. The third kappa shape index (κ3) is 4.04. The molecule has 106 valence electrons. The van der Waals surface area contributed by atoms with Crippen LogP contribution in [-0.2, 0) is 0 Å². The average molecular weight is 293 g/mol. The van der Waals surface area contributed by atoms with Crippen molar-refractivity contribution >= 4 is 11.6 Å². The molecular formula is C16H18ClFN2. The molecule has 0 aliphatic carbocycles. The SMILES string of the molecule is CC(NN[C@H](C)c1cccc(Cl)c1)c1ccc(F)cc1. The molecule has 0 amide bonds. The second-order valence-corrected chi connectivity index (χ2v) is 5.28. The summed E-state index contributed by atoms with van der Waals surface area (Å²) in [5, 5.41) is 0.725. The lowest BCUT2D eigenvalue weighted by molar-refractivity contribution is 0.410. The third-order valence-electron chi connectivity index (χ3n) is 3.24. The van der Waals surface area contributed by atoms with Crippen LogP contribution in [0.4, 0.5) is 4.39 Å². The molecule has 0 radical (unpaired) electrons. The Labute approximate surface area is 123 Å². The Morgan fingerprint density at radius 2 is 1.50 bits per heavy atom. The van der Waals surface area contributed by atoms with Crippen molar-refractivity contribution in [3.8, 4) is 0 Å². The maximum Gasteiger partial charge on any atom is 0.123 e. The van der Waals surface area contributed by atoms with Gasteiger partial charge in [0.05, 0.1) is 0 Å². The lowest BCUT2D eigenvalue weighted by Gasteiger charge is -2.20. The molecule has 20 heavy (non-hydrogen) atoms. The average Bonchev–Trinajstić information content (AvgIpc) is 2.45. The van der Waals surface area contributed by atoms with Crippen LogP contribution < -0.4 is 10.9 Å². The van der Waals surface area contributed by atoms with Crippen molar-refractivity contribution in [3.05, 3.63) is 70.5 Å². The largest absolute Gasteiger partial charge is 0.250 e. The summed E-state index contributed by atoms with van der Waals surface area (Å²) < 4.78 is 12.9. The molecule has 0 heterocycles. The molecule has 2 N–H and O–H groups in total. The molecule has 0 aliphatic heterocycles. The molecule has 0 aromatic heterocycles. The Kier molecular flexibility index (Phi) is 5.12. The van der Waals surface area contributed by atoms with Crippen molar-refractivity contribution in [2.45, 2.75) is 25.9 Å². The highest BCUT2D eigenvalue weighted by molar-refractivity contribution is 6.30. The van der Waals surface area contributed by atoms with E-state index in [0.717, 1.165) is 16.1 Å². The fraction of sp³-hybridized carbons (Fsp3) is 0.250. The minimum absolute atomic E-state index is 0.0808. The third-order valence-corrected chi connectivity index (χ3v) is 3.47. The molecule has 2 rings (SSSR count). The van der Waals surface area contributed by atoms with Crippen molar-refractivity contribution < 1.29 is 4.39 Å². The molecule has 4 heteroatoms. The van der Waals surface area contributed by atoms with Gasteiger partial charge >= 0.3 is 0 Å². The van der Waals surface area contributed by atoms with Gasteiger partial charge in [-0.15, -0.1) is 0 Å². The second kappa shape index (κ2) is 6.84. The smallest absolute Gasteiger partial charge is 0.123 e. The summed E-state index contributed by atoms with van der Waals surface area (Å²) in [4.78, 5) is 0. The number of nitrogens with one attached hydrogen (secondary N) is 2. The van der Waals surface area contributed by atoms with Crippen molar-refractivity contribution in [2.24, 2.45) is 0 Å². The molecule has 1 unspecified atom stereocenters. The van der Waals surface area contributed by atoms with Gasteiger partial charge < -0.3 is 0 Å². The fourth-order valence-corrected chi connectivity index (χ4v) is 2.14. The molecule has 2 atom stereocenters. The quantitative estimate of drug-likeness (QED) is 0.798. The van der Waals surface area contributed by atoms with Crippen LogP contribution in [0.1, 0.15) is 37.1 Å². The zero-order chi connectivity index (χ0) is 14.5. The molecule has 2 aromatic rings. The summed E-state index contributed by atoms with van der Waals surface area (Å²) in [6.07, 6.45) is 0. The molecule has 0 spiro atoms. The summed E-state index contributed by atoms with van der Waals surface area (Å²) in [6.45, 7) is 4.07. The number of hydrogen-bond acceptors (Lipinski definition) is 2. The first-order valence-corrected chi connectivity index (χ1v) is 6.96. The van der Waals surface area contributed by atoms with Crippen molar-refractivity contribution in [2.75, 3.05) is 0 Å². The van der Waals surface area contributed by atoms with Crippen molar-refractivity contribution in [1.82, 2.24) is 10.9 Å². The normalized spacial score (nSPS) is 14.0. The second-order valence-electron chi connectivity index (χ2n) is 4.84. The van der Waals surface area contributed by atoms with Gasteiger partial charge in [-0.25, -0.2) is 4.39 Å². The van der Waals surface area contributed by atoms with Crippen LogP contribution in [0.5, 0.6) is 0 Å². The van der Waals surface area contributed by atoms with Crippen LogP contribution in [0.3, 0.4) is 0 Å². The predicted molar refractivity (Wildman–Crippen MR) is 81.0 cm³/mol. The van der Waals surface area contributed by atoms with Gasteiger partial charge in [-0.3, -0.25) is 10.9 Å². The van der Waals surface area contributed by atoms with Crippen LogP contribution in [0.2, 0.25) is 5.02 Å². The Morgan fingerprint density at radius 3 is 2.10 bits per heavy atom. The van der Waals surface area contributed by atoms with Crippen molar-refractivity contribution in [3.63, 3.8) is 0 Å². The summed E-state index contributed by atoms with van der Waals surface area (Å²) in [5.41, 5.74) is 8.59. The summed E-state index contributed by atoms with van der Waals surface area (Å²) in [5.74, 6) is -0.221. The zero-order valence-corrected chi connectivity index (χ0v) is 12.3. The van der Waals surface area contributed by atoms with E-state index in [4.69, 9.17) is 11.6 Å². The van der Waals surface area contributed by atoms with Gasteiger partial charge in [-0.05, 0) is 49.2 Å². The van der Waals surface area contributed by atoms with Crippen LogP contribution >= 0.6 is 11.6 Å². The zero-order valence-electron chi connectivity index (χ0n) is 11.5. The lowest BCUT2D eigenvalue weighted by atomic mass is 10.1. The summed E-state index contributed by atoms with van der Waals surface area (Å²) >= 11 is 5.98. The fourth-order valence-electron chi connectivity index (χ4n) is 1.94. The minimum atomic E-state index is -0.221. The Morgan fingerprint density at radius 1 is 0.900 bits per heavy atom. The van der Waals surface area contributed by atoms with E-state index < -0.39 is 0 Å². The highest BCUT2D eigenvalue weighted by Crippen LogP contribution is 2.18. The maximum atomic E-state index is 12.9. The van der Waals surface area contributed by atoms with E-state index in [1.807, 2.05) is 31.2 Å². The first kappa shape index (κ1) is 15.0. The number of hydrazine groups is 1. The standard InChI is InChI=1S/C16H18ClFN2/c1-11(13-6-8-16(18)9-7-13)19-20-12(2)14-4-3-5-15(17)10-14/h3-12,19-20H,1-2H3/t11?,12-/m1/s1. The lowest BCUT2D eigenvalue weighted by Crippen LogP contribution is -2.36. The van der Waals surface area contributed by atoms with E-state index in [0.29, 0.717) is 0 Å². The summed E-state index contributed by atoms with van der Waals surface area (Å²) in [6, 6.07) is 14.4. The van der Waals surface area contributed by atoms with E-state index in [-0.39, 0.29) is 17.9 Å². The number of hydrogen-bond donors (Lipinski definition) is 2. The number of rotatable bonds is 5. The molecule has 0 aliphatic rings. The molecule has 0 saturated heterocycles. The van der Waals surface area contributed by atoms with E-state index in [9.17, 15) is 4.39 Å². The highest BCUT2D eigenvalue weighted by Gasteiger charge is 2.08.